The first-order valence-electron chi connectivity index (χ1n) is 6.44. The molecule has 2 amide bonds. The highest BCUT2D eigenvalue weighted by molar-refractivity contribution is 6.20. The van der Waals surface area contributed by atoms with Crippen LogP contribution in [0.4, 0.5) is 4.79 Å². The van der Waals surface area contributed by atoms with Gasteiger partial charge in [0.15, 0.2) is 0 Å². The minimum atomic E-state index is -0.957. The number of carbonyl (C=O) groups excluding carboxylic acids is 3. The van der Waals surface area contributed by atoms with E-state index in [0.717, 1.165) is 5.56 Å². The van der Waals surface area contributed by atoms with E-state index in [1.54, 1.807) is 12.1 Å². The van der Waals surface area contributed by atoms with Crippen molar-refractivity contribution < 1.29 is 23.9 Å². The van der Waals surface area contributed by atoms with E-state index in [0.29, 0.717) is 0 Å². The summed E-state index contributed by atoms with van der Waals surface area (Å²) in [5, 5.41) is 4.60. The minimum absolute atomic E-state index is 0.0980. The zero-order chi connectivity index (χ0) is 16.4. The Labute approximate surface area is 132 Å². The summed E-state index contributed by atoms with van der Waals surface area (Å²) in [6.07, 6.45) is -0.737. The van der Waals surface area contributed by atoms with Crippen LogP contribution in [0.5, 0.6) is 0 Å². The highest BCUT2D eigenvalue weighted by Crippen LogP contribution is 2.00. The Bertz CT molecular complexity index is 509. The lowest BCUT2D eigenvalue weighted by atomic mass is 10.2. The first kappa shape index (κ1) is 17.8. The van der Waals surface area contributed by atoms with Crippen LogP contribution in [-0.2, 0) is 25.7 Å². The molecule has 0 unspecified atom stereocenters. The minimum Gasteiger partial charge on any atom is -0.467 e. The molecule has 0 saturated heterocycles. The molecule has 8 heteroatoms. The molecular formula is C14H17ClN2O5. The van der Waals surface area contributed by atoms with Crippen LogP contribution in [0.2, 0.25) is 0 Å². The molecule has 1 aromatic carbocycles. The molecule has 22 heavy (non-hydrogen) atoms. The van der Waals surface area contributed by atoms with Crippen molar-refractivity contribution in [2.75, 3.05) is 19.5 Å². The van der Waals surface area contributed by atoms with Gasteiger partial charge < -0.3 is 20.1 Å². The monoisotopic (exact) mass is 328 g/mol. The van der Waals surface area contributed by atoms with E-state index in [-0.39, 0.29) is 19.0 Å². The maximum Gasteiger partial charge on any atom is 0.407 e. The predicted octanol–water partition coefficient (Wildman–Crippen LogP) is 0.809. The number of esters is 1. The van der Waals surface area contributed by atoms with Crippen molar-refractivity contribution in [2.45, 2.75) is 12.6 Å². The average molecular weight is 329 g/mol. The number of alkyl halides is 1. The summed E-state index contributed by atoms with van der Waals surface area (Å²) in [6, 6.07) is 8.15. The molecule has 1 rings (SSSR count). The average Bonchev–Trinajstić information content (AvgIpc) is 2.56. The summed E-state index contributed by atoms with van der Waals surface area (Å²) < 4.78 is 9.40. The number of nitrogens with one attached hydrogen (secondary N) is 2. The van der Waals surface area contributed by atoms with Gasteiger partial charge in [-0.3, -0.25) is 4.79 Å². The van der Waals surface area contributed by atoms with Crippen LogP contribution in [0.1, 0.15) is 5.56 Å². The summed E-state index contributed by atoms with van der Waals surface area (Å²) in [5.41, 5.74) is 0.829. The molecule has 2 N–H and O–H groups in total. The fraction of sp³-hybridized carbons (Fsp3) is 0.357. The van der Waals surface area contributed by atoms with E-state index in [2.05, 4.69) is 15.4 Å². The molecular weight excluding hydrogens is 312 g/mol. The predicted molar refractivity (Wildman–Crippen MR) is 79.3 cm³/mol. The van der Waals surface area contributed by atoms with Crippen LogP contribution < -0.4 is 10.6 Å². The summed E-state index contributed by atoms with van der Waals surface area (Å²) in [7, 11) is 1.19. The molecule has 0 heterocycles. The van der Waals surface area contributed by atoms with Crippen molar-refractivity contribution in [3.63, 3.8) is 0 Å². The largest absolute Gasteiger partial charge is 0.467 e. The van der Waals surface area contributed by atoms with Crippen LogP contribution in [0, 0.1) is 0 Å². The molecule has 120 valence electrons. The van der Waals surface area contributed by atoms with E-state index in [1.165, 1.54) is 7.11 Å². The molecule has 0 aliphatic heterocycles. The summed E-state index contributed by atoms with van der Waals surface area (Å²) in [4.78, 5) is 34.2. The molecule has 0 aliphatic rings. The number of halogens is 1. The Morgan fingerprint density at radius 1 is 1.23 bits per heavy atom. The summed E-state index contributed by atoms with van der Waals surface area (Å²) in [6.45, 7) is -0.237. The SMILES string of the molecule is COC(=O)[C@@H](CCl)NC(=O)CNC(=O)OCc1ccccc1. The normalized spacial score (nSPS) is 11.2. The number of ether oxygens (including phenoxy) is 2. The Hall–Kier alpha value is -2.28. The van der Waals surface area contributed by atoms with Gasteiger partial charge in [0, 0.05) is 0 Å². The van der Waals surface area contributed by atoms with Gasteiger partial charge in [-0.15, -0.1) is 11.6 Å². The fourth-order valence-corrected chi connectivity index (χ4v) is 1.68. The lowest BCUT2D eigenvalue weighted by Crippen LogP contribution is -2.47. The second kappa shape index (κ2) is 9.62. The van der Waals surface area contributed by atoms with Gasteiger partial charge in [0.05, 0.1) is 13.0 Å². The zero-order valence-electron chi connectivity index (χ0n) is 12.0. The van der Waals surface area contributed by atoms with E-state index >= 15 is 0 Å². The third-order valence-corrected chi connectivity index (χ3v) is 2.89. The van der Waals surface area contributed by atoms with Gasteiger partial charge in [0.2, 0.25) is 5.91 Å². The molecule has 0 bridgehead atoms. The van der Waals surface area contributed by atoms with Crippen LogP contribution in [0.3, 0.4) is 0 Å². The lowest BCUT2D eigenvalue weighted by Gasteiger charge is -2.13. The molecule has 0 aromatic heterocycles. The van der Waals surface area contributed by atoms with Crippen molar-refractivity contribution in [1.82, 2.24) is 10.6 Å². The summed E-state index contributed by atoms with van der Waals surface area (Å²) >= 11 is 5.54. The van der Waals surface area contributed by atoms with E-state index < -0.39 is 24.0 Å². The van der Waals surface area contributed by atoms with Crippen LogP contribution in [0.15, 0.2) is 30.3 Å². The molecule has 7 nitrogen and oxygen atoms in total. The second-order valence-corrected chi connectivity index (χ2v) is 4.52. The molecule has 0 spiro atoms. The number of benzene rings is 1. The van der Waals surface area contributed by atoms with Crippen LogP contribution in [-0.4, -0.2) is 43.5 Å². The molecule has 0 radical (unpaired) electrons. The van der Waals surface area contributed by atoms with Crippen molar-refractivity contribution in [3.8, 4) is 0 Å². The van der Waals surface area contributed by atoms with E-state index in [9.17, 15) is 14.4 Å². The number of alkyl carbamates (subject to hydrolysis) is 1. The number of amides is 2. The quantitative estimate of drug-likeness (QED) is 0.570. The number of rotatable bonds is 7. The van der Waals surface area contributed by atoms with Gasteiger partial charge >= 0.3 is 12.1 Å². The van der Waals surface area contributed by atoms with Crippen LogP contribution >= 0.6 is 11.6 Å². The Morgan fingerprint density at radius 3 is 2.50 bits per heavy atom. The number of hydrogen-bond donors (Lipinski definition) is 2. The standard InChI is InChI=1S/C14H17ClN2O5/c1-21-13(19)11(7-15)17-12(18)8-16-14(20)22-9-10-5-3-2-4-6-10/h2-6,11H,7-9H2,1H3,(H,16,20)(H,17,18)/t11-/m1/s1. The van der Waals surface area contributed by atoms with Gasteiger partial charge in [-0.25, -0.2) is 9.59 Å². The molecule has 0 fully saturated rings. The van der Waals surface area contributed by atoms with Gasteiger partial charge in [-0.1, -0.05) is 30.3 Å². The maximum absolute atomic E-state index is 11.6. The third kappa shape index (κ3) is 6.45. The number of hydrogen-bond acceptors (Lipinski definition) is 5. The van der Waals surface area contributed by atoms with Crippen LogP contribution in [0.25, 0.3) is 0 Å². The molecule has 1 atom stereocenters. The molecule has 0 saturated carbocycles. The van der Waals surface area contributed by atoms with E-state index in [4.69, 9.17) is 16.3 Å². The first-order valence-corrected chi connectivity index (χ1v) is 6.98. The second-order valence-electron chi connectivity index (χ2n) is 4.21. The van der Waals surface area contributed by atoms with Gasteiger partial charge in [-0.05, 0) is 5.56 Å². The third-order valence-electron chi connectivity index (χ3n) is 2.58. The van der Waals surface area contributed by atoms with Crippen molar-refractivity contribution in [2.24, 2.45) is 0 Å². The Kier molecular flexibility index (Phi) is 7.77. The highest BCUT2D eigenvalue weighted by Gasteiger charge is 2.20. The number of carbonyl (C=O) groups is 3. The fourth-order valence-electron chi connectivity index (χ4n) is 1.47. The van der Waals surface area contributed by atoms with Crippen molar-refractivity contribution in [1.29, 1.82) is 0 Å². The smallest absolute Gasteiger partial charge is 0.407 e. The molecule has 0 aliphatic carbocycles. The van der Waals surface area contributed by atoms with Crippen molar-refractivity contribution >= 4 is 29.6 Å². The Balaban J connectivity index is 2.28. The lowest BCUT2D eigenvalue weighted by molar-refractivity contribution is -0.144. The topological polar surface area (TPSA) is 93.7 Å². The Morgan fingerprint density at radius 2 is 1.91 bits per heavy atom. The van der Waals surface area contributed by atoms with Crippen molar-refractivity contribution in [3.05, 3.63) is 35.9 Å². The number of methoxy groups -OCH3 is 1. The maximum atomic E-state index is 11.6. The highest BCUT2D eigenvalue weighted by atomic mass is 35.5. The van der Waals surface area contributed by atoms with Gasteiger partial charge in [0.25, 0.3) is 0 Å². The van der Waals surface area contributed by atoms with Gasteiger partial charge in [0.1, 0.15) is 19.2 Å². The van der Waals surface area contributed by atoms with E-state index in [1.807, 2.05) is 18.2 Å². The van der Waals surface area contributed by atoms with Gasteiger partial charge in [-0.2, -0.15) is 0 Å². The zero-order valence-corrected chi connectivity index (χ0v) is 12.8. The summed E-state index contributed by atoms with van der Waals surface area (Å²) in [5.74, 6) is -1.36. The first-order chi connectivity index (χ1) is 10.6. The molecule has 1 aromatic rings.